The highest BCUT2D eigenvalue weighted by atomic mass is 32.1. The van der Waals surface area contributed by atoms with Crippen molar-refractivity contribution in [1.29, 1.82) is 0 Å². The summed E-state index contributed by atoms with van der Waals surface area (Å²) in [6.45, 7) is 2.55. The second kappa shape index (κ2) is 6.99. The van der Waals surface area contributed by atoms with E-state index in [4.69, 9.17) is 27.4 Å². The Hall–Kier alpha value is -2.21. The van der Waals surface area contributed by atoms with Gasteiger partial charge in [0.1, 0.15) is 17.4 Å². The molecule has 6 heteroatoms. The van der Waals surface area contributed by atoms with Crippen LogP contribution in [0.1, 0.15) is 18.1 Å². The first kappa shape index (κ1) is 15.2. The van der Waals surface area contributed by atoms with Gasteiger partial charge in [-0.3, -0.25) is 4.98 Å². The fourth-order valence-corrected chi connectivity index (χ4v) is 1.87. The fraction of sp³-hybridized carbons (Fsp3) is 0.200. The van der Waals surface area contributed by atoms with Gasteiger partial charge in [-0.2, -0.15) is 0 Å². The van der Waals surface area contributed by atoms with Gasteiger partial charge in [0.25, 0.3) is 0 Å². The molecule has 0 aliphatic rings. The number of nitrogens with zero attached hydrogens (tertiary/aromatic N) is 1. The zero-order chi connectivity index (χ0) is 15.2. The summed E-state index contributed by atoms with van der Waals surface area (Å²) in [4.78, 5) is 4.06. The van der Waals surface area contributed by atoms with Crippen LogP contribution in [0.2, 0.25) is 0 Å². The molecule has 0 unspecified atom stereocenters. The molecule has 21 heavy (non-hydrogen) atoms. The molecule has 2 rings (SSSR count). The van der Waals surface area contributed by atoms with E-state index >= 15 is 0 Å². The van der Waals surface area contributed by atoms with Crippen LogP contribution in [0, 0.1) is 5.82 Å². The van der Waals surface area contributed by atoms with Crippen molar-refractivity contribution in [2.75, 3.05) is 6.61 Å². The van der Waals surface area contributed by atoms with Crippen LogP contribution in [0.4, 0.5) is 4.39 Å². The van der Waals surface area contributed by atoms with Crippen LogP contribution in [0.15, 0.2) is 36.7 Å². The minimum Gasteiger partial charge on any atom is -0.490 e. The van der Waals surface area contributed by atoms with Gasteiger partial charge in [0.2, 0.25) is 0 Å². The van der Waals surface area contributed by atoms with E-state index < -0.39 is 5.82 Å². The minimum atomic E-state index is -0.398. The summed E-state index contributed by atoms with van der Waals surface area (Å²) in [5.41, 5.74) is 6.93. The van der Waals surface area contributed by atoms with Crippen molar-refractivity contribution in [2.24, 2.45) is 5.73 Å². The molecular weight excluding hydrogens is 291 g/mol. The number of nitrogens with two attached hydrogens (primary N) is 1. The number of ether oxygens (including phenoxy) is 2. The molecule has 0 atom stereocenters. The van der Waals surface area contributed by atoms with Gasteiger partial charge in [-0.25, -0.2) is 4.39 Å². The maximum absolute atomic E-state index is 13.1. The molecule has 1 heterocycles. The molecular formula is C15H15FN2O2S. The number of pyridine rings is 1. The Labute approximate surface area is 127 Å². The molecule has 0 saturated heterocycles. The predicted octanol–water partition coefficient (Wildman–Crippen LogP) is 2.83. The van der Waals surface area contributed by atoms with Crippen molar-refractivity contribution in [3.63, 3.8) is 0 Å². The van der Waals surface area contributed by atoms with Gasteiger partial charge >= 0.3 is 0 Å². The van der Waals surface area contributed by atoms with E-state index in [0.717, 1.165) is 6.20 Å². The van der Waals surface area contributed by atoms with Crippen molar-refractivity contribution in [1.82, 2.24) is 4.98 Å². The number of aromatic nitrogens is 1. The average Bonchev–Trinajstić information content (AvgIpc) is 2.46. The highest BCUT2D eigenvalue weighted by molar-refractivity contribution is 7.80. The smallest absolute Gasteiger partial charge is 0.161 e. The Morgan fingerprint density at radius 1 is 1.24 bits per heavy atom. The zero-order valence-corrected chi connectivity index (χ0v) is 12.3. The highest BCUT2D eigenvalue weighted by Crippen LogP contribution is 2.29. The summed E-state index contributed by atoms with van der Waals surface area (Å²) >= 11 is 4.94. The molecule has 0 spiro atoms. The van der Waals surface area contributed by atoms with Gasteiger partial charge in [0.05, 0.1) is 12.8 Å². The largest absolute Gasteiger partial charge is 0.490 e. The van der Waals surface area contributed by atoms with E-state index in [9.17, 15) is 4.39 Å². The molecule has 0 radical (unpaired) electrons. The Morgan fingerprint density at radius 2 is 2.05 bits per heavy atom. The Balaban J connectivity index is 2.16. The average molecular weight is 306 g/mol. The maximum Gasteiger partial charge on any atom is 0.161 e. The Kier molecular flexibility index (Phi) is 5.05. The number of hydrogen-bond acceptors (Lipinski definition) is 4. The summed E-state index contributed by atoms with van der Waals surface area (Å²) in [7, 11) is 0. The van der Waals surface area contributed by atoms with Gasteiger partial charge in [0.15, 0.2) is 11.5 Å². The molecule has 110 valence electrons. The second-order valence-corrected chi connectivity index (χ2v) is 4.70. The Morgan fingerprint density at radius 3 is 2.71 bits per heavy atom. The lowest BCUT2D eigenvalue weighted by atomic mass is 10.2. The summed E-state index contributed by atoms with van der Waals surface area (Å²) < 4.78 is 24.2. The first-order valence-electron chi connectivity index (χ1n) is 6.39. The summed E-state index contributed by atoms with van der Waals surface area (Å²) in [5.74, 6) is 0.693. The molecule has 0 saturated carbocycles. The quantitative estimate of drug-likeness (QED) is 0.832. The van der Waals surface area contributed by atoms with Gasteiger partial charge in [-0.15, -0.1) is 0 Å². The molecule has 2 aromatic rings. The van der Waals surface area contributed by atoms with E-state index in [2.05, 4.69) is 4.98 Å². The molecule has 0 bridgehead atoms. The molecule has 0 aliphatic carbocycles. The first-order valence-corrected chi connectivity index (χ1v) is 6.80. The summed E-state index contributed by atoms with van der Waals surface area (Å²) in [6.07, 6.45) is 2.69. The van der Waals surface area contributed by atoms with Crippen molar-refractivity contribution in [3.05, 3.63) is 53.6 Å². The maximum atomic E-state index is 13.1. The summed E-state index contributed by atoms with van der Waals surface area (Å²) in [6, 6.07) is 6.58. The monoisotopic (exact) mass is 306 g/mol. The van der Waals surface area contributed by atoms with E-state index in [0.29, 0.717) is 29.2 Å². The van der Waals surface area contributed by atoms with Crippen LogP contribution < -0.4 is 15.2 Å². The van der Waals surface area contributed by atoms with E-state index in [1.807, 2.05) is 6.92 Å². The van der Waals surface area contributed by atoms with Crippen LogP contribution in [0.5, 0.6) is 11.5 Å². The van der Waals surface area contributed by atoms with Crippen LogP contribution in [-0.4, -0.2) is 16.6 Å². The van der Waals surface area contributed by atoms with Gasteiger partial charge < -0.3 is 15.2 Å². The molecule has 1 aromatic heterocycles. The van der Waals surface area contributed by atoms with Crippen LogP contribution >= 0.6 is 12.2 Å². The highest BCUT2D eigenvalue weighted by Gasteiger charge is 2.08. The lowest BCUT2D eigenvalue weighted by molar-refractivity contribution is 0.268. The van der Waals surface area contributed by atoms with Crippen LogP contribution in [0.3, 0.4) is 0 Å². The SMILES string of the molecule is CCOc1cc(C(N)=S)ccc1OCc1cncc(F)c1. The van der Waals surface area contributed by atoms with E-state index in [1.54, 1.807) is 24.4 Å². The normalized spacial score (nSPS) is 10.2. The molecule has 1 aromatic carbocycles. The van der Waals surface area contributed by atoms with Crippen molar-refractivity contribution in [3.8, 4) is 11.5 Å². The van der Waals surface area contributed by atoms with Gasteiger partial charge in [-0.1, -0.05) is 12.2 Å². The lowest BCUT2D eigenvalue weighted by Crippen LogP contribution is -2.10. The van der Waals surface area contributed by atoms with Gasteiger partial charge in [0, 0.05) is 17.3 Å². The predicted molar refractivity (Wildman–Crippen MR) is 82.0 cm³/mol. The second-order valence-electron chi connectivity index (χ2n) is 4.26. The fourth-order valence-electron chi connectivity index (χ4n) is 1.74. The third-order valence-electron chi connectivity index (χ3n) is 2.68. The standard InChI is InChI=1S/C15H15FN2O2S/c1-2-19-14-6-11(15(17)21)3-4-13(14)20-9-10-5-12(16)8-18-7-10/h3-8H,2,9H2,1H3,(H2,17,21). The number of hydrogen-bond donors (Lipinski definition) is 1. The summed E-state index contributed by atoms with van der Waals surface area (Å²) in [5, 5.41) is 0. The molecule has 0 aliphatic heterocycles. The van der Waals surface area contributed by atoms with Gasteiger partial charge in [-0.05, 0) is 31.2 Å². The molecule has 2 N–H and O–H groups in total. The molecule has 4 nitrogen and oxygen atoms in total. The zero-order valence-electron chi connectivity index (χ0n) is 11.5. The minimum absolute atomic E-state index is 0.192. The number of thiocarbonyl (C=S) groups is 1. The topological polar surface area (TPSA) is 57.4 Å². The first-order chi connectivity index (χ1) is 10.1. The third kappa shape index (κ3) is 4.13. The van der Waals surface area contributed by atoms with Crippen molar-refractivity contribution >= 4 is 17.2 Å². The van der Waals surface area contributed by atoms with Crippen molar-refractivity contribution < 1.29 is 13.9 Å². The molecule has 0 amide bonds. The van der Waals surface area contributed by atoms with E-state index in [-0.39, 0.29) is 11.6 Å². The van der Waals surface area contributed by atoms with Crippen molar-refractivity contribution in [2.45, 2.75) is 13.5 Å². The lowest BCUT2D eigenvalue weighted by Gasteiger charge is -2.13. The van der Waals surface area contributed by atoms with Crippen LogP contribution in [0.25, 0.3) is 0 Å². The number of rotatable bonds is 6. The van der Waals surface area contributed by atoms with E-state index in [1.165, 1.54) is 6.07 Å². The number of halogens is 1. The molecule has 0 fully saturated rings. The van der Waals surface area contributed by atoms with Crippen LogP contribution in [-0.2, 0) is 6.61 Å². The third-order valence-corrected chi connectivity index (χ3v) is 2.92. The Bertz CT molecular complexity index is 649. The number of benzene rings is 1.